The Labute approximate surface area is 149 Å². The molecule has 6 heteroatoms. The molecule has 0 aliphatic carbocycles. The van der Waals surface area contributed by atoms with Crippen molar-refractivity contribution in [2.75, 3.05) is 17.1 Å². The number of benzene rings is 2. The van der Waals surface area contributed by atoms with E-state index in [0.717, 1.165) is 17.5 Å². The van der Waals surface area contributed by atoms with Crippen molar-refractivity contribution in [3.63, 3.8) is 0 Å². The lowest BCUT2D eigenvalue weighted by Crippen LogP contribution is -2.35. The minimum absolute atomic E-state index is 0.109. The number of carbonyl (C=O) groups excluding carboxylic acids is 1. The van der Waals surface area contributed by atoms with Crippen LogP contribution in [0.1, 0.15) is 24.5 Å². The van der Waals surface area contributed by atoms with Crippen molar-refractivity contribution in [3.8, 4) is 0 Å². The molecule has 0 aliphatic heterocycles. The third-order valence-corrected chi connectivity index (χ3v) is 5.10. The van der Waals surface area contributed by atoms with Gasteiger partial charge in [0.15, 0.2) is 0 Å². The van der Waals surface area contributed by atoms with E-state index in [0.29, 0.717) is 12.2 Å². The normalized spacial score (nSPS) is 11.1. The highest BCUT2D eigenvalue weighted by Crippen LogP contribution is 2.23. The molecule has 2 aromatic carbocycles. The van der Waals surface area contributed by atoms with Gasteiger partial charge in [-0.05, 0) is 23.6 Å². The fraction of sp³-hybridized carbons (Fsp3) is 0.316. The van der Waals surface area contributed by atoms with Crippen LogP contribution in [0, 0.1) is 0 Å². The molecule has 5 nitrogen and oxygen atoms in total. The number of nitrogens with zero attached hydrogens (tertiary/aromatic N) is 1. The summed E-state index contributed by atoms with van der Waals surface area (Å²) >= 11 is 0. The first-order valence-electron chi connectivity index (χ1n) is 8.28. The van der Waals surface area contributed by atoms with Crippen LogP contribution in [0.5, 0.6) is 0 Å². The lowest BCUT2D eigenvalue weighted by atomic mass is 10.1. The van der Waals surface area contributed by atoms with Gasteiger partial charge in [-0.25, -0.2) is 8.42 Å². The van der Waals surface area contributed by atoms with Gasteiger partial charge in [-0.2, -0.15) is 0 Å². The molecule has 0 aromatic heterocycles. The van der Waals surface area contributed by atoms with Crippen molar-refractivity contribution in [2.24, 2.45) is 0 Å². The van der Waals surface area contributed by atoms with Gasteiger partial charge in [0, 0.05) is 19.5 Å². The molecule has 25 heavy (non-hydrogen) atoms. The molecule has 0 fully saturated rings. The highest BCUT2D eigenvalue weighted by atomic mass is 32.2. The van der Waals surface area contributed by atoms with Crippen LogP contribution in [0.3, 0.4) is 0 Å². The Kier molecular flexibility index (Phi) is 6.58. The number of rotatable bonds is 8. The minimum Gasteiger partial charge on any atom is -0.352 e. The Morgan fingerprint density at radius 1 is 1.04 bits per heavy atom. The second kappa shape index (κ2) is 8.67. The third kappa shape index (κ3) is 5.60. The lowest BCUT2D eigenvalue weighted by molar-refractivity contribution is -0.121. The molecular formula is C19H24N2O3S. The molecule has 0 radical (unpaired) electrons. The molecule has 0 saturated carbocycles. The van der Waals surface area contributed by atoms with Crippen molar-refractivity contribution in [3.05, 3.63) is 65.7 Å². The van der Waals surface area contributed by atoms with E-state index >= 15 is 0 Å². The van der Waals surface area contributed by atoms with Crippen LogP contribution < -0.4 is 9.62 Å². The Bertz CT molecular complexity index is 804. The zero-order valence-electron chi connectivity index (χ0n) is 14.6. The molecule has 134 valence electrons. The molecule has 2 rings (SSSR count). The summed E-state index contributed by atoms with van der Waals surface area (Å²) in [5, 5.41) is 2.83. The maximum Gasteiger partial charge on any atom is 0.232 e. The monoisotopic (exact) mass is 360 g/mol. The predicted octanol–water partition coefficient (Wildman–Crippen LogP) is 2.72. The van der Waals surface area contributed by atoms with Gasteiger partial charge in [-0.3, -0.25) is 9.10 Å². The Morgan fingerprint density at radius 2 is 1.68 bits per heavy atom. The van der Waals surface area contributed by atoms with Gasteiger partial charge in [-0.1, -0.05) is 55.5 Å². The summed E-state index contributed by atoms with van der Waals surface area (Å²) in [6.07, 6.45) is 2.00. The summed E-state index contributed by atoms with van der Waals surface area (Å²) in [6, 6.07) is 17.0. The molecule has 0 unspecified atom stereocenters. The highest BCUT2D eigenvalue weighted by molar-refractivity contribution is 7.92. The molecule has 1 amide bonds. The summed E-state index contributed by atoms with van der Waals surface area (Å²) < 4.78 is 25.7. The Morgan fingerprint density at radius 3 is 2.32 bits per heavy atom. The number of anilines is 1. The molecule has 0 aliphatic rings. The van der Waals surface area contributed by atoms with Gasteiger partial charge in [0.1, 0.15) is 0 Å². The largest absolute Gasteiger partial charge is 0.352 e. The van der Waals surface area contributed by atoms with Crippen molar-refractivity contribution >= 4 is 21.6 Å². The van der Waals surface area contributed by atoms with Gasteiger partial charge < -0.3 is 5.32 Å². The van der Waals surface area contributed by atoms with Crippen LogP contribution in [-0.4, -0.2) is 27.1 Å². The van der Waals surface area contributed by atoms with Crippen LogP contribution in [0.4, 0.5) is 5.69 Å². The summed E-state index contributed by atoms with van der Waals surface area (Å²) in [5.74, 6) is -0.175. The number of sulfonamides is 1. The summed E-state index contributed by atoms with van der Waals surface area (Å²) in [4.78, 5) is 12.1. The van der Waals surface area contributed by atoms with Crippen molar-refractivity contribution in [2.45, 2.75) is 26.3 Å². The smallest absolute Gasteiger partial charge is 0.232 e. The van der Waals surface area contributed by atoms with E-state index in [1.807, 2.05) is 55.5 Å². The van der Waals surface area contributed by atoms with Gasteiger partial charge in [0.05, 0.1) is 11.9 Å². The standard InChI is InChI=1S/C19H24N2O3S/c1-3-17-11-7-8-12-18(17)21(25(2,23)24)14-13-19(22)20-15-16-9-5-4-6-10-16/h4-12H,3,13-15H2,1-2H3,(H,20,22). The van der Waals surface area contributed by atoms with Crippen molar-refractivity contribution < 1.29 is 13.2 Å². The van der Waals surface area contributed by atoms with Gasteiger partial charge in [0.2, 0.25) is 15.9 Å². The van der Waals surface area contributed by atoms with Gasteiger partial charge in [-0.15, -0.1) is 0 Å². The van der Waals surface area contributed by atoms with Gasteiger partial charge >= 0.3 is 0 Å². The topological polar surface area (TPSA) is 66.5 Å². The van der Waals surface area contributed by atoms with E-state index in [2.05, 4.69) is 5.32 Å². The number of nitrogens with one attached hydrogen (secondary N) is 1. The zero-order chi connectivity index (χ0) is 18.3. The van der Waals surface area contributed by atoms with E-state index in [-0.39, 0.29) is 18.9 Å². The highest BCUT2D eigenvalue weighted by Gasteiger charge is 2.20. The first-order chi connectivity index (χ1) is 11.9. The first-order valence-corrected chi connectivity index (χ1v) is 10.1. The van der Waals surface area contributed by atoms with E-state index in [1.165, 1.54) is 10.6 Å². The van der Waals surface area contributed by atoms with Crippen molar-refractivity contribution in [1.29, 1.82) is 0 Å². The van der Waals surface area contributed by atoms with E-state index < -0.39 is 10.0 Å². The number of aryl methyl sites for hydroxylation is 1. The SMILES string of the molecule is CCc1ccccc1N(CCC(=O)NCc1ccccc1)S(C)(=O)=O. The molecular weight excluding hydrogens is 336 g/mol. The van der Waals surface area contributed by atoms with Crippen LogP contribution in [-0.2, 0) is 27.8 Å². The molecule has 0 heterocycles. The van der Waals surface area contributed by atoms with Crippen molar-refractivity contribution in [1.82, 2.24) is 5.32 Å². The average molecular weight is 360 g/mol. The van der Waals surface area contributed by atoms with E-state index in [9.17, 15) is 13.2 Å². The number of carbonyl (C=O) groups is 1. The third-order valence-electron chi connectivity index (χ3n) is 3.92. The van der Waals surface area contributed by atoms with Crippen LogP contribution in [0.2, 0.25) is 0 Å². The van der Waals surface area contributed by atoms with E-state index in [4.69, 9.17) is 0 Å². The molecule has 0 spiro atoms. The number of para-hydroxylation sites is 1. The van der Waals surface area contributed by atoms with E-state index in [1.54, 1.807) is 6.07 Å². The molecule has 0 saturated heterocycles. The maximum absolute atomic E-state index is 12.2. The number of amides is 1. The van der Waals surface area contributed by atoms with Crippen LogP contribution in [0.15, 0.2) is 54.6 Å². The lowest BCUT2D eigenvalue weighted by Gasteiger charge is -2.24. The molecule has 1 N–H and O–H groups in total. The second-order valence-electron chi connectivity index (χ2n) is 5.83. The van der Waals surface area contributed by atoms with Gasteiger partial charge in [0.25, 0.3) is 0 Å². The fourth-order valence-electron chi connectivity index (χ4n) is 2.61. The summed E-state index contributed by atoms with van der Waals surface area (Å²) in [5.41, 5.74) is 2.59. The Balaban J connectivity index is 2.02. The van der Waals surface area contributed by atoms with Crippen LogP contribution in [0.25, 0.3) is 0 Å². The maximum atomic E-state index is 12.2. The predicted molar refractivity (Wildman–Crippen MR) is 101 cm³/mol. The average Bonchev–Trinajstić information content (AvgIpc) is 2.60. The quantitative estimate of drug-likeness (QED) is 0.787. The Hall–Kier alpha value is -2.34. The summed E-state index contributed by atoms with van der Waals surface area (Å²) in [6.45, 7) is 2.53. The number of hydrogen-bond donors (Lipinski definition) is 1. The molecule has 0 atom stereocenters. The second-order valence-corrected chi connectivity index (χ2v) is 7.74. The minimum atomic E-state index is -3.46. The fourth-order valence-corrected chi connectivity index (χ4v) is 3.56. The zero-order valence-corrected chi connectivity index (χ0v) is 15.4. The number of hydrogen-bond acceptors (Lipinski definition) is 3. The summed E-state index contributed by atoms with van der Waals surface area (Å²) in [7, 11) is -3.46. The van der Waals surface area contributed by atoms with Crippen LogP contribution >= 0.6 is 0 Å². The first kappa shape index (κ1) is 19.0. The molecule has 2 aromatic rings. The molecule has 0 bridgehead atoms.